The van der Waals surface area contributed by atoms with Gasteiger partial charge in [-0.05, 0) is 44.4 Å². The molecule has 1 saturated heterocycles. The summed E-state index contributed by atoms with van der Waals surface area (Å²) in [4.78, 5) is 0. The number of rotatable bonds is 5. The lowest BCUT2D eigenvalue weighted by Gasteiger charge is -2.18. The highest BCUT2D eigenvalue weighted by Crippen LogP contribution is 2.21. The Morgan fingerprint density at radius 1 is 1.44 bits per heavy atom. The molecule has 18 heavy (non-hydrogen) atoms. The van der Waals surface area contributed by atoms with Crippen molar-refractivity contribution in [1.29, 1.82) is 0 Å². The number of benzene rings is 1. The van der Waals surface area contributed by atoms with Gasteiger partial charge in [-0.25, -0.2) is 0 Å². The van der Waals surface area contributed by atoms with Crippen molar-refractivity contribution >= 4 is 0 Å². The molecule has 1 N–H and O–H groups in total. The zero-order valence-corrected chi connectivity index (χ0v) is 11.5. The molecule has 0 amide bonds. The second-order valence-electron chi connectivity index (χ2n) is 5.05. The van der Waals surface area contributed by atoms with Crippen molar-refractivity contribution < 1.29 is 9.47 Å². The minimum absolute atomic E-state index is 0.319. The lowest BCUT2D eigenvalue weighted by atomic mass is 10.1. The first kappa shape index (κ1) is 13.4. The van der Waals surface area contributed by atoms with Crippen LogP contribution in [0.25, 0.3) is 0 Å². The van der Waals surface area contributed by atoms with Crippen molar-refractivity contribution in [3.63, 3.8) is 0 Å². The predicted molar refractivity (Wildman–Crippen MR) is 73.0 cm³/mol. The van der Waals surface area contributed by atoms with Crippen LogP contribution < -0.4 is 10.1 Å². The van der Waals surface area contributed by atoms with E-state index in [2.05, 4.69) is 31.3 Å². The lowest BCUT2D eigenvalue weighted by Crippen LogP contribution is -2.29. The molecule has 3 heteroatoms. The fraction of sp³-hybridized carbons (Fsp3) is 0.600. The van der Waals surface area contributed by atoms with Gasteiger partial charge in [0.05, 0.1) is 19.3 Å². The van der Waals surface area contributed by atoms with Crippen molar-refractivity contribution in [2.45, 2.75) is 44.9 Å². The monoisotopic (exact) mass is 249 g/mol. The maximum atomic E-state index is 5.81. The molecule has 1 fully saturated rings. The molecular formula is C15H23NO2. The van der Waals surface area contributed by atoms with E-state index in [1.54, 1.807) is 7.11 Å². The van der Waals surface area contributed by atoms with E-state index < -0.39 is 0 Å². The molecule has 3 nitrogen and oxygen atoms in total. The van der Waals surface area contributed by atoms with E-state index in [1.165, 1.54) is 18.4 Å². The molecule has 100 valence electrons. The maximum Gasteiger partial charge on any atom is 0.119 e. The summed E-state index contributed by atoms with van der Waals surface area (Å²) in [5, 5.41) is 3.53. The Morgan fingerprint density at radius 2 is 2.28 bits per heavy atom. The molecule has 1 aromatic rings. The van der Waals surface area contributed by atoms with Crippen molar-refractivity contribution in [3.05, 3.63) is 29.8 Å². The van der Waals surface area contributed by atoms with Gasteiger partial charge in [0.25, 0.3) is 0 Å². The molecular weight excluding hydrogens is 226 g/mol. The molecule has 0 aromatic heterocycles. The number of methoxy groups -OCH3 is 1. The Hall–Kier alpha value is -1.06. The summed E-state index contributed by atoms with van der Waals surface area (Å²) in [5.74, 6) is 0.909. The van der Waals surface area contributed by atoms with Gasteiger partial charge in [0.15, 0.2) is 0 Å². The molecule has 2 rings (SSSR count). The first-order chi connectivity index (χ1) is 8.69. The largest absolute Gasteiger partial charge is 0.497 e. The van der Waals surface area contributed by atoms with Crippen LogP contribution in [0, 0.1) is 0 Å². The third-order valence-electron chi connectivity index (χ3n) is 3.57. The highest BCUT2D eigenvalue weighted by Gasteiger charge is 2.21. The van der Waals surface area contributed by atoms with Gasteiger partial charge < -0.3 is 14.8 Å². The standard InChI is InChI=1S/C15H23NO2/c1-11-7-8-15(18-11)10-16-12(2)13-5-4-6-14(9-13)17-3/h4-6,9,11-12,15-16H,7-8,10H2,1-3H3. The van der Waals surface area contributed by atoms with E-state index in [0.29, 0.717) is 18.2 Å². The highest BCUT2D eigenvalue weighted by atomic mass is 16.5. The SMILES string of the molecule is COc1cccc(C(C)NCC2CCC(C)O2)c1. The molecule has 3 unspecified atom stereocenters. The fourth-order valence-electron chi connectivity index (χ4n) is 2.37. The normalized spacial score (nSPS) is 25.1. The smallest absolute Gasteiger partial charge is 0.119 e. The number of ether oxygens (including phenoxy) is 2. The van der Waals surface area contributed by atoms with E-state index in [0.717, 1.165) is 12.3 Å². The summed E-state index contributed by atoms with van der Waals surface area (Å²) in [6.07, 6.45) is 3.13. The molecule has 0 bridgehead atoms. The molecule has 0 saturated carbocycles. The second-order valence-corrected chi connectivity index (χ2v) is 5.05. The molecule has 1 heterocycles. The van der Waals surface area contributed by atoms with Gasteiger partial charge in [-0.15, -0.1) is 0 Å². The first-order valence-electron chi connectivity index (χ1n) is 6.72. The predicted octanol–water partition coefficient (Wildman–Crippen LogP) is 2.91. The number of nitrogens with one attached hydrogen (secondary N) is 1. The van der Waals surface area contributed by atoms with Crippen LogP contribution >= 0.6 is 0 Å². The molecule has 1 aromatic carbocycles. The Labute approximate surface area is 109 Å². The zero-order valence-electron chi connectivity index (χ0n) is 11.5. The third kappa shape index (κ3) is 3.47. The van der Waals surface area contributed by atoms with Crippen molar-refractivity contribution in [2.24, 2.45) is 0 Å². The van der Waals surface area contributed by atoms with Crippen molar-refractivity contribution in [3.8, 4) is 5.75 Å². The van der Waals surface area contributed by atoms with Crippen LogP contribution in [0.4, 0.5) is 0 Å². The van der Waals surface area contributed by atoms with Gasteiger partial charge in [0.1, 0.15) is 5.75 Å². The van der Waals surface area contributed by atoms with Crippen LogP contribution in [0.15, 0.2) is 24.3 Å². The number of hydrogen-bond acceptors (Lipinski definition) is 3. The average molecular weight is 249 g/mol. The van der Waals surface area contributed by atoms with Gasteiger partial charge in [-0.1, -0.05) is 12.1 Å². The van der Waals surface area contributed by atoms with Crippen LogP contribution in [0.1, 0.15) is 38.3 Å². The van der Waals surface area contributed by atoms with E-state index >= 15 is 0 Å². The van der Waals surface area contributed by atoms with E-state index in [4.69, 9.17) is 9.47 Å². The minimum atomic E-state index is 0.319. The molecule has 0 radical (unpaired) electrons. The van der Waals surface area contributed by atoms with Gasteiger partial charge in [-0.3, -0.25) is 0 Å². The summed E-state index contributed by atoms with van der Waals surface area (Å²) in [7, 11) is 1.70. The van der Waals surface area contributed by atoms with Crippen LogP contribution in [0.2, 0.25) is 0 Å². The van der Waals surface area contributed by atoms with E-state index in [-0.39, 0.29) is 0 Å². The van der Waals surface area contributed by atoms with Gasteiger partial charge in [0, 0.05) is 12.6 Å². The Bertz CT molecular complexity index is 381. The van der Waals surface area contributed by atoms with Crippen LogP contribution in [-0.4, -0.2) is 25.9 Å². The Morgan fingerprint density at radius 3 is 2.94 bits per heavy atom. The lowest BCUT2D eigenvalue weighted by molar-refractivity contribution is 0.0546. The molecule has 1 aliphatic rings. The maximum absolute atomic E-state index is 5.81. The molecule has 0 aliphatic carbocycles. The van der Waals surface area contributed by atoms with Crippen LogP contribution in [0.5, 0.6) is 5.75 Å². The minimum Gasteiger partial charge on any atom is -0.497 e. The van der Waals surface area contributed by atoms with Gasteiger partial charge in [-0.2, -0.15) is 0 Å². The second kappa shape index (κ2) is 6.21. The zero-order chi connectivity index (χ0) is 13.0. The molecule has 1 aliphatic heterocycles. The van der Waals surface area contributed by atoms with E-state index in [9.17, 15) is 0 Å². The summed E-state index contributed by atoms with van der Waals surface area (Å²) < 4.78 is 11.0. The van der Waals surface area contributed by atoms with Crippen LogP contribution in [-0.2, 0) is 4.74 Å². The fourth-order valence-corrected chi connectivity index (χ4v) is 2.37. The van der Waals surface area contributed by atoms with E-state index in [1.807, 2.05) is 12.1 Å². The first-order valence-corrected chi connectivity index (χ1v) is 6.72. The number of hydrogen-bond donors (Lipinski definition) is 1. The van der Waals surface area contributed by atoms with Crippen molar-refractivity contribution in [2.75, 3.05) is 13.7 Å². The quantitative estimate of drug-likeness (QED) is 0.870. The highest BCUT2D eigenvalue weighted by molar-refractivity contribution is 5.30. The van der Waals surface area contributed by atoms with Crippen LogP contribution in [0.3, 0.4) is 0 Å². The van der Waals surface area contributed by atoms with Gasteiger partial charge >= 0.3 is 0 Å². The van der Waals surface area contributed by atoms with Gasteiger partial charge in [0.2, 0.25) is 0 Å². The summed E-state index contributed by atoms with van der Waals surface area (Å²) in [5.41, 5.74) is 1.25. The molecule has 0 spiro atoms. The summed E-state index contributed by atoms with van der Waals surface area (Å²) >= 11 is 0. The average Bonchev–Trinajstić information content (AvgIpc) is 2.82. The topological polar surface area (TPSA) is 30.5 Å². The third-order valence-corrected chi connectivity index (χ3v) is 3.57. The Balaban J connectivity index is 1.85. The van der Waals surface area contributed by atoms with Crippen molar-refractivity contribution in [1.82, 2.24) is 5.32 Å². The molecule has 3 atom stereocenters. The summed E-state index contributed by atoms with van der Waals surface area (Å²) in [6.45, 7) is 5.24. The Kier molecular flexibility index (Phi) is 4.61. The summed E-state index contributed by atoms with van der Waals surface area (Å²) in [6, 6.07) is 8.52.